The van der Waals surface area contributed by atoms with Crippen molar-refractivity contribution in [2.45, 2.75) is 31.5 Å². The fourth-order valence-corrected chi connectivity index (χ4v) is 4.26. The van der Waals surface area contributed by atoms with Gasteiger partial charge in [0, 0.05) is 23.1 Å². The molecule has 0 aromatic heterocycles. The Morgan fingerprint density at radius 2 is 1.75 bits per heavy atom. The van der Waals surface area contributed by atoms with Crippen molar-refractivity contribution in [3.8, 4) is 28.7 Å². The molecule has 2 aliphatic carbocycles. The van der Waals surface area contributed by atoms with Gasteiger partial charge in [-0.05, 0) is 61.2 Å². The zero-order valence-electron chi connectivity index (χ0n) is 20.8. The highest BCUT2D eigenvalue weighted by molar-refractivity contribution is 5.65. The Kier molecular flexibility index (Phi) is 8.67. The summed E-state index contributed by atoms with van der Waals surface area (Å²) < 4.78 is 118. The number of rotatable bonds is 7. The van der Waals surface area contributed by atoms with E-state index in [-0.39, 0.29) is 11.5 Å². The molecule has 0 amide bonds. The van der Waals surface area contributed by atoms with Gasteiger partial charge in [0.15, 0.2) is 17.5 Å². The summed E-state index contributed by atoms with van der Waals surface area (Å²) in [6, 6.07) is 3.19. The molecule has 0 spiro atoms. The predicted octanol–water partition coefficient (Wildman–Crippen LogP) is 9.10. The molecule has 0 saturated heterocycles. The minimum absolute atomic E-state index is 0.110. The lowest BCUT2D eigenvalue weighted by atomic mass is 9.91. The first-order valence-corrected chi connectivity index (χ1v) is 12.2. The molecule has 0 fully saturated rings. The van der Waals surface area contributed by atoms with Crippen LogP contribution in [0.25, 0.3) is 11.1 Å². The third-order valence-corrected chi connectivity index (χ3v) is 6.31. The van der Waals surface area contributed by atoms with E-state index in [1.54, 1.807) is 0 Å². The van der Waals surface area contributed by atoms with E-state index < -0.39 is 64.2 Å². The Labute approximate surface area is 225 Å². The number of halogens is 8. The second-order valence-corrected chi connectivity index (χ2v) is 9.21. The maximum Gasteiger partial charge on any atom is 0.410 e. The molecular formula is C31H22F8O. The summed E-state index contributed by atoms with van der Waals surface area (Å²) in [7, 11) is 0. The molecule has 2 aromatic rings. The number of benzene rings is 2. The molecule has 208 valence electrons. The lowest BCUT2D eigenvalue weighted by Crippen LogP contribution is -2.41. The number of allylic oxidation sites excluding steroid dienone is 8. The van der Waals surface area contributed by atoms with Gasteiger partial charge >= 0.3 is 6.11 Å². The van der Waals surface area contributed by atoms with Crippen LogP contribution < -0.4 is 4.74 Å². The smallest absolute Gasteiger partial charge is 0.410 e. The lowest BCUT2D eigenvalue weighted by Gasteiger charge is -2.29. The van der Waals surface area contributed by atoms with Gasteiger partial charge in [-0.3, -0.25) is 0 Å². The van der Waals surface area contributed by atoms with Gasteiger partial charge in [-0.1, -0.05) is 41.7 Å². The maximum atomic E-state index is 14.8. The molecular weight excluding hydrogens is 540 g/mol. The van der Waals surface area contributed by atoms with E-state index in [9.17, 15) is 35.1 Å². The lowest BCUT2D eigenvalue weighted by molar-refractivity contribution is -0.219. The summed E-state index contributed by atoms with van der Waals surface area (Å²) in [5.74, 6) is -5.85. The Bertz CT molecular complexity index is 1470. The molecule has 2 aliphatic rings. The highest BCUT2D eigenvalue weighted by Crippen LogP contribution is 2.41. The van der Waals surface area contributed by atoms with Crippen molar-refractivity contribution in [3.05, 3.63) is 114 Å². The average Bonchev–Trinajstić information content (AvgIpc) is 2.89. The molecule has 4 rings (SSSR count). The van der Waals surface area contributed by atoms with E-state index in [4.69, 9.17) is 0 Å². The molecule has 0 N–H and O–H groups in total. The normalized spacial score (nSPS) is 20.6. The van der Waals surface area contributed by atoms with Crippen LogP contribution in [0.15, 0.2) is 90.3 Å². The Morgan fingerprint density at radius 1 is 1.02 bits per heavy atom. The zero-order valence-corrected chi connectivity index (χ0v) is 20.8. The topological polar surface area (TPSA) is 9.23 Å². The molecule has 0 aliphatic heterocycles. The SMILES string of the molecule is C=CCCC1=CCC(C#CC2=CC(F)C(C(F)(F)Oc3ccc(-c4cc(F)c(F)c(F)c4)c(F)c3)C(F)=C2)C=C1. The molecule has 0 heterocycles. The average molecular weight is 563 g/mol. The van der Waals surface area contributed by atoms with Crippen molar-refractivity contribution >= 4 is 0 Å². The van der Waals surface area contributed by atoms with E-state index >= 15 is 0 Å². The third-order valence-electron chi connectivity index (χ3n) is 6.31. The summed E-state index contributed by atoms with van der Waals surface area (Å²) in [5, 5.41) is 0. The summed E-state index contributed by atoms with van der Waals surface area (Å²) >= 11 is 0. The summed E-state index contributed by atoms with van der Waals surface area (Å²) in [4.78, 5) is 0. The first kappa shape index (κ1) is 28.9. The van der Waals surface area contributed by atoms with Gasteiger partial charge in [0.2, 0.25) is 0 Å². The predicted molar refractivity (Wildman–Crippen MR) is 135 cm³/mol. The molecule has 3 unspecified atom stereocenters. The second kappa shape index (κ2) is 12.0. The Balaban J connectivity index is 1.45. The molecule has 9 heteroatoms. The third kappa shape index (κ3) is 6.56. The van der Waals surface area contributed by atoms with Crippen molar-refractivity contribution in [2.75, 3.05) is 0 Å². The highest BCUT2D eigenvalue weighted by atomic mass is 19.3. The molecule has 0 saturated carbocycles. The van der Waals surface area contributed by atoms with E-state index in [1.165, 1.54) is 0 Å². The summed E-state index contributed by atoms with van der Waals surface area (Å²) in [6.45, 7) is 3.67. The van der Waals surface area contributed by atoms with Crippen LogP contribution in [0.3, 0.4) is 0 Å². The number of ether oxygens (including phenoxy) is 1. The van der Waals surface area contributed by atoms with E-state index in [1.807, 2.05) is 24.3 Å². The minimum atomic E-state index is -4.45. The van der Waals surface area contributed by atoms with Crippen LogP contribution in [-0.2, 0) is 0 Å². The largest absolute Gasteiger partial charge is 0.432 e. The Hall–Kier alpha value is -4.06. The molecule has 1 nitrogen and oxygen atoms in total. The minimum Gasteiger partial charge on any atom is -0.432 e. The van der Waals surface area contributed by atoms with Crippen LogP contribution in [0.1, 0.15) is 19.3 Å². The maximum absolute atomic E-state index is 14.8. The molecule has 0 radical (unpaired) electrons. The molecule has 3 atom stereocenters. The van der Waals surface area contributed by atoms with Crippen LogP contribution in [0.2, 0.25) is 0 Å². The first-order valence-electron chi connectivity index (χ1n) is 12.2. The van der Waals surface area contributed by atoms with Gasteiger partial charge in [0.25, 0.3) is 0 Å². The quantitative estimate of drug-likeness (QED) is 0.142. The van der Waals surface area contributed by atoms with Crippen molar-refractivity contribution in [2.24, 2.45) is 11.8 Å². The number of hydrogen-bond donors (Lipinski definition) is 0. The number of alkyl halides is 3. The van der Waals surface area contributed by atoms with Gasteiger partial charge in [-0.15, -0.1) is 6.58 Å². The van der Waals surface area contributed by atoms with Crippen molar-refractivity contribution in [1.29, 1.82) is 0 Å². The standard InChI is InChI=1S/C31H22F8O/c1-2-3-4-18-5-7-19(8-6-18)9-10-20-13-25(33)29(26(34)14-20)31(38,39)40-22-11-12-23(24(32)17-22)21-15-27(35)30(37)28(36)16-21/h2,5-7,11-17,19,25,29H,1,3-4,8H2. The van der Waals surface area contributed by atoms with Gasteiger partial charge in [-0.2, -0.15) is 8.78 Å². The van der Waals surface area contributed by atoms with Crippen LogP contribution in [0, 0.1) is 46.9 Å². The van der Waals surface area contributed by atoms with Crippen molar-refractivity contribution in [3.63, 3.8) is 0 Å². The fraction of sp³-hybridized carbons (Fsp3) is 0.226. The van der Waals surface area contributed by atoms with E-state index in [0.717, 1.165) is 36.6 Å². The summed E-state index contributed by atoms with van der Waals surface area (Å²) in [6.07, 6.45) is 4.36. The van der Waals surface area contributed by atoms with Gasteiger partial charge < -0.3 is 4.74 Å². The molecule has 2 aromatic carbocycles. The molecule has 40 heavy (non-hydrogen) atoms. The van der Waals surface area contributed by atoms with Crippen LogP contribution >= 0.6 is 0 Å². The van der Waals surface area contributed by atoms with Crippen LogP contribution in [-0.4, -0.2) is 12.3 Å². The monoisotopic (exact) mass is 562 g/mol. The second-order valence-electron chi connectivity index (χ2n) is 9.21. The van der Waals surface area contributed by atoms with E-state index in [0.29, 0.717) is 30.7 Å². The van der Waals surface area contributed by atoms with Crippen LogP contribution in [0.5, 0.6) is 5.75 Å². The molecule has 0 bridgehead atoms. The van der Waals surface area contributed by atoms with Crippen molar-refractivity contribution in [1.82, 2.24) is 0 Å². The van der Waals surface area contributed by atoms with Crippen LogP contribution in [0.4, 0.5) is 35.1 Å². The van der Waals surface area contributed by atoms with E-state index in [2.05, 4.69) is 23.2 Å². The van der Waals surface area contributed by atoms with Gasteiger partial charge in [-0.25, -0.2) is 26.3 Å². The number of hydrogen-bond acceptors (Lipinski definition) is 1. The highest BCUT2D eigenvalue weighted by Gasteiger charge is 2.51. The van der Waals surface area contributed by atoms with Gasteiger partial charge in [0.1, 0.15) is 29.5 Å². The summed E-state index contributed by atoms with van der Waals surface area (Å²) in [5.41, 5.74) is 0.176. The Morgan fingerprint density at radius 3 is 2.35 bits per heavy atom. The van der Waals surface area contributed by atoms with Crippen molar-refractivity contribution < 1.29 is 39.9 Å². The fourth-order valence-electron chi connectivity index (χ4n) is 4.26. The zero-order chi connectivity index (χ0) is 29.0. The van der Waals surface area contributed by atoms with Gasteiger partial charge in [0.05, 0.1) is 0 Å². The first-order chi connectivity index (χ1) is 19.0.